The number of barbiturate groups is 1. The van der Waals surface area contributed by atoms with Crippen LogP contribution in [0.25, 0.3) is 11.8 Å². The van der Waals surface area contributed by atoms with Crippen LogP contribution >= 0.6 is 0 Å². The SMILES string of the molecule is Cc1cc(/C=C2\C(=O)NC(=O)N(c3ccccc3)C2=O)c(C)n1-c1cccnc1. The van der Waals surface area contributed by atoms with Crippen LogP contribution in [-0.4, -0.2) is 27.4 Å². The third kappa shape index (κ3) is 3.23. The van der Waals surface area contributed by atoms with Crippen molar-refractivity contribution in [2.45, 2.75) is 13.8 Å². The molecule has 1 fully saturated rings. The Labute approximate surface area is 167 Å². The number of imide groups is 2. The summed E-state index contributed by atoms with van der Waals surface area (Å²) in [6.45, 7) is 3.84. The van der Waals surface area contributed by atoms with Crippen molar-refractivity contribution < 1.29 is 14.4 Å². The number of rotatable bonds is 3. The maximum Gasteiger partial charge on any atom is 0.335 e. The fourth-order valence-corrected chi connectivity index (χ4v) is 3.44. The van der Waals surface area contributed by atoms with Gasteiger partial charge in [-0.25, -0.2) is 9.69 Å². The molecule has 7 heteroatoms. The van der Waals surface area contributed by atoms with Gasteiger partial charge in [0.25, 0.3) is 11.8 Å². The molecule has 1 aromatic carbocycles. The van der Waals surface area contributed by atoms with E-state index < -0.39 is 17.8 Å². The van der Waals surface area contributed by atoms with E-state index >= 15 is 0 Å². The van der Waals surface area contributed by atoms with Gasteiger partial charge in [0.2, 0.25) is 0 Å². The Morgan fingerprint density at radius 2 is 1.69 bits per heavy atom. The molecule has 0 bridgehead atoms. The van der Waals surface area contributed by atoms with E-state index in [-0.39, 0.29) is 5.57 Å². The molecule has 0 atom stereocenters. The number of amides is 4. The molecule has 4 amide bonds. The van der Waals surface area contributed by atoms with Crippen molar-refractivity contribution in [1.82, 2.24) is 14.9 Å². The van der Waals surface area contributed by atoms with Gasteiger partial charge in [-0.15, -0.1) is 0 Å². The van der Waals surface area contributed by atoms with Crippen LogP contribution in [0, 0.1) is 13.8 Å². The van der Waals surface area contributed by atoms with E-state index in [1.807, 2.05) is 36.6 Å². The second-order valence-corrected chi connectivity index (χ2v) is 6.67. The number of hydrogen-bond donors (Lipinski definition) is 1. The Balaban J connectivity index is 1.77. The van der Waals surface area contributed by atoms with Gasteiger partial charge in [-0.2, -0.15) is 0 Å². The van der Waals surface area contributed by atoms with E-state index in [9.17, 15) is 14.4 Å². The van der Waals surface area contributed by atoms with Gasteiger partial charge in [-0.3, -0.25) is 19.9 Å². The highest BCUT2D eigenvalue weighted by Crippen LogP contribution is 2.25. The van der Waals surface area contributed by atoms with Crippen molar-refractivity contribution in [1.29, 1.82) is 0 Å². The number of nitrogens with one attached hydrogen (secondary N) is 1. The van der Waals surface area contributed by atoms with Gasteiger partial charge in [-0.05, 0) is 55.8 Å². The Bertz CT molecular complexity index is 1150. The third-order valence-corrected chi connectivity index (χ3v) is 4.79. The van der Waals surface area contributed by atoms with Crippen molar-refractivity contribution in [3.05, 3.63) is 83.4 Å². The van der Waals surface area contributed by atoms with Crippen molar-refractivity contribution in [3.63, 3.8) is 0 Å². The van der Waals surface area contributed by atoms with Crippen LogP contribution in [0.4, 0.5) is 10.5 Å². The number of nitrogens with zero attached hydrogens (tertiary/aromatic N) is 3. The monoisotopic (exact) mass is 386 g/mol. The van der Waals surface area contributed by atoms with Crippen molar-refractivity contribution >= 4 is 29.6 Å². The summed E-state index contributed by atoms with van der Waals surface area (Å²) < 4.78 is 1.99. The van der Waals surface area contributed by atoms with Crippen LogP contribution < -0.4 is 10.2 Å². The molecule has 0 spiro atoms. The van der Waals surface area contributed by atoms with Gasteiger partial charge < -0.3 is 4.57 Å². The van der Waals surface area contributed by atoms with Crippen LogP contribution in [0.2, 0.25) is 0 Å². The largest absolute Gasteiger partial charge is 0.335 e. The summed E-state index contributed by atoms with van der Waals surface area (Å²) in [4.78, 5) is 42.8. The molecule has 0 aliphatic carbocycles. The number of para-hydroxylation sites is 1. The lowest BCUT2D eigenvalue weighted by molar-refractivity contribution is -0.122. The second kappa shape index (κ2) is 7.20. The van der Waals surface area contributed by atoms with Crippen LogP contribution in [-0.2, 0) is 9.59 Å². The zero-order valence-electron chi connectivity index (χ0n) is 15.9. The summed E-state index contributed by atoms with van der Waals surface area (Å²) in [5.74, 6) is -1.37. The molecule has 3 heterocycles. The number of aromatic nitrogens is 2. The maximum atomic E-state index is 13.0. The molecular formula is C22H18N4O3. The maximum absolute atomic E-state index is 13.0. The summed E-state index contributed by atoms with van der Waals surface area (Å²) in [5, 5.41) is 2.24. The number of urea groups is 1. The average Bonchev–Trinajstić information content (AvgIpc) is 2.99. The van der Waals surface area contributed by atoms with Crippen molar-refractivity contribution in [2.24, 2.45) is 0 Å². The lowest BCUT2D eigenvalue weighted by Gasteiger charge is -2.26. The molecule has 0 unspecified atom stereocenters. The average molecular weight is 386 g/mol. The first-order valence-corrected chi connectivity index (χ1v) is 9.03. The van der Waals surface area contributed by atoms with E-state index in [2.05, 4.69) is 10.3 Å². The Morgan fingerprint density at radius 1 is 0.966 bits per heavy atom. The first-order valence-electron chi connectivity index (χ1n) is 9.03. The van der Waals surface area contributed by atoms with Gasteiger partial charge in [0.05, 0.1) is 17.6 Å². The normalized spacial score (nSPS) is 15.7. The molecule has 7 nitrogen and oxygen atoms in total. The molecule has 29 heavy (non-hydrogen) atoms. The summed E-state index contributed by atoms with van der Waals surface area (Å²) in [7, 11) is 0. The Kier molecular flexibility index (Phi) is 4.56. The number of hydrogen-bond acceptors (Lipinski definition) is 4. The quantitative estimate of drug-likeness (QED) is 0.554. The summed E-state index contributed by atoms with van der Waals surface area (Å²) in [6, 6.07) is 13.4. The summed E-state index contributed by atoms with van der Waals surface area (Å²) >= 11 is 0. The van der Waals surface area contributed by atoms with Crippen LogP contribution in [0.15, 0.2) is 66.5 Å². The molecule has 2 aromatic heterocycles. The van der Waals surface area contributed by atoms with E-state index in [4.69, 9.17) is 0 Å². The topological polar surface area (TPSA) is 84.3 Å². The summed E-state index contributed by atoms with van der Waals surface area (Å²) in [6.07, 6.45) is 4.96. The minimum Gasteiger partial charge on any atom is -0.316 e. The highest BCUT2D eigenvalue weighted by atomic mass is 16.2. The highest BCUT2D eigenvalue weighted by Gasteiger charge is 2.36. The van der Waals surface area contributed by atoms with Crippen molar-refractivity contribution in [2.75, 3.05) is 4.90 Å². The molecule has 1 aliphatic rings. The molecule has 0 radical (unpaired) electrons. The molecule has 3 aromatic rings. The van der Waals surface area contributed by atoms with Gasteiger partial charge in [0, 0.05) is 17.6 Å². The van der Waals surface area contributed by atoms with Gasteiger partial charge in [0.1, 0.15) is 5.57 Å². The number of aryl methyl sites for hydroxylation is 1. The number of benzene rings is 1. The lowest BCUT2D eigenvalue weighted by atomic mass is 10.1. The number of carbonyl (C=O) groups is 3. The molecule has 4 rings (SSSR count). The van der Waals surface area contributed by atoms with E-state index in [0.29, 0.717) is 11.3 Å². The first kappa shape index (κ1) is 18.4. The van der Waals surface area contributed by atoms with Gasteiger partial charge in [-0.1, -0.05) is 18.2 Å². The first-order chi connectivity index (χ1) is 14.0. The molecule has 1 aliphatic heterocycles. The zero-order chi connectivity index (χ0) is 20.5. The smallest absolute Gasteiger partial charge is 0.316 e. The molecule has 1 N–H and O–H groups in total. The minimum atomic E-state index is -0.760. The van der Waals surface area contributed by atoms with Crippen LogP contribution in [0.5, 0.6) is 0 Å². The predicted octanol–water partition coefficient (Wildman–Crippen LogP) is 3.16. The fraction of sp³-hybridized carbons (Fsp3) is 0.0909. The number of anilines is 1. The predicted molar refractivity (Wildman–Crippen MR) is 108 cm³/mol. The van der Waals surface area contributed by atoms with Crippen LogP contribution in [0.3, 0.4) is 0 Å². The van der Waals surface area contributed by atoms with Gasteiger partial charge in [0.15, 0.2) is 0 Å². The van der Waals surface area contributed by atoms with E-state index in [1.165, 1.54) is 6.08 Å². The molecule has 1 saturated heterocycles. The number of pyridine rings is 1. The fourth-order valence-electron chi connectivity index (χ4n) is 3.44. The molecule has 144 valence electrons. The zero-order valence-corrected chi connectivity index (χ0v) is 15.9. The minimum absolute atomic E-state index is 0.0973. The number of carbonyl (C=O) groups excluding carboxylic acids is 3. The van der Waals surface area contributed by atoms with Crippen molar-refractivity contribution in [3.8, 4) is 5.69 Å². The molecule has 0 saturated carbocycles. The molecular weight excluding hydrogens is 368 g/mol. The Hall–Kier alpha value is -4.00. The summed E-state index contributed by atoms with van der Waals surface area (Å²) in [5.41, 5.74) is 3.68. The highest BCUT2D eigenvalue weighted by molar-refractivity contribution is 6.39. The lowest BCUT2D eigenvalue weighted by Crippen LogP contribution is -2.54. The standard InChI is InChI=1S/C22H18N4O3/c1-14-11-16(15(2)25(14)18-9-6-10-23-13-18)12-19-20(27)24-22(29)26(21(19)28)17-7-4-3-5-8-17/h3-13H,1-2H3,(H,24,27,29)/b19-12+. The van der Waals surface area contributed by atoms with E-state index in [0.717, 1.165) is 22.0 Å². The third-order valence-electron chi connectivity index (χ3n) is 4.79. The Morgan fingerprint density at radius 3 is 2.38 bits per heavy atom. The second-order valence-electron chi connectivity index (χ2n) is 6.67. The van der Waals surface area contributed by atoms with Crippen LogP contribution in [0.1, 0.15) is 17.0 Å². The van der Waals surface area contributed by atoms with Gasteiger partial charge >= 0.3 is 6.03 Å². The van der Waals surface area contributed by atoms with E-state index in [1.54, 1.807) is 42.7 Å².